The van der Waals surface area contributed by atoms with Crippen molar-refractivity contribution in [3.05, 3.63) is 89.5 Å². The summed E-state index contributed by atoms with van der Waals surface area (Å²) < 4.78 is 18.2. The molecule has 1 N–H and O–H groups in total. The number of methoxy groups -OCH3 is 1. The molecule has 2 aliphatic rings. The second kappa shape index (κ2) is 10.2. The van der Waals surface area contributed by atoms with E-state index < -0.39 is 0 Å². The van der Waals surface area contributed by atoms with Gasteiger partial charge >= 0.3 is 0 Å². The molecule has 37 heavy (non-hydrogen) atoms. The van der Waals surface area contributed by atoms with Gasteiger partial charge in [-0.2, -0.15) is 5.26 Å². The number of piperidine rings is 1. The molecule has 2 heterocycles. The average Bonchev–Trinajstić information content (AvgIpc) is 2.96. The van der Waals surface area contributed by atoms with Crippen molar-refractivity contribution in [3.8, 4) is 34.4 Å². The Morgan fingerprint density at radius 1 is 0.946 bits per heavy atom. The highest BCUT2D eigenvalue weighted by molar-refractivity contribution is 5.95. The fraction of sp³-hybridized carbons (Fsp3) is 0.281. The zero-order valence-corrected chi connectivity index (χ0v) is 21.0. The van der Waals surface area contributed by atoms with Crippen molar-refractivity contribution in [1.82, 2.24) is 5.32 Å². The largest absolute Gasteiger partial charge is 0.497 e. The van der Waals surface area contributed by atoms with Crippen LogP contribution in [0.15, 0.2) is 72.8 Å². The van der Waals surface area contributed by atoms with Gasteiger partial charge in [-0.15, -0.1) is 0 Å². The molecule has 0 aromatic heterocycles. The highest BCUT2D eigenvalue weighted by atomic mass is 16.5. The Bertz CT molecular complexity index is 1470. The standard InChI is InChI=1S/C32H30N2O3/c1-35-26-11-14-27-23(19-26)8-13-29-28-12-5-21(20-33)18-30(28)37-32(31(27)29)22-6-9-25(10-7-22)36-17-15-24-4-2-3-16-34-24/h5-14,18-19,24,32,34H,2-4,15-17H2,1H3. The van der Waals surface area contributed by atoms with Crippen LogP contribution in [0.1, 0.15) is 48.5 Å². The van der Waals surface area contributed by atoms with Crippen molar-refractivity contribution in [1.29, 1.82) is 5.26 Å². The number of benzene rings is 4. The van der Waals surface area contributed by atoms with Crippen LogP contribution in [0.2, 0.25) is 0 Å². The third-order valence-electron chi connectivity index (χ3n) is 7.51. The van der Waals surface area contributed by atoms with Gasteiger partial charge < -0.3 is 19.5 Å². The van der Waals surface area contributed by atoms with E-state index in [2.05, 4.69) is 47.8 Å². The highest BCUT2D eigenvalue weighted by Gasteiger charge is 2.29. The molecule has 0 aliphatic carbocycles. The number of nitrogens with zero attached hydrogens (tertiary/aromatic N) is 1. The van der Waals surface area contributed by atoms with Crippen LogP contribution in [-0.2, 0) is 0 Å². The first-order valence-corrected chi connectivity index (χ1v) is 13.0. The lowest BCUT2D eigenvalue weighted by atomic mass is 9.85. The minimum Gasteiger partial charge on any atom is -0.497 e. The van der Waals surface area contributed by atoms with Gasteiger partial charge in [0.1, 0.15) is 17.2 Å². The number of hydrogen-bond donors (Lipinski definition) is 1. The number of ether oxygens (including phenoxy) is 3. The molecule has 0 saturated carbocycles. The fourth-order valence-corrected chi connectivity index (χ4v) is 5.54. The molecule has 0 bridgehead atoms. The topological polar surface area (TPSA) is 63.5 Å². The van der Waals surface area contributed by atoms with Crippen LogP contribution in [0, 0.1) is 11.3 Å². The summed E-state index contributed by atoms with van der Waals surface area (Å²) in [5.41, 5.74) is 4.86. The van der Waals surface area contributed by atoms with Crippen molar-refractivity contribution in [2.75, 3.05) is 20.3 Å². The van der Waals surface area contributed by atoms with E-state index in [1.165, 1.54) is 19.3 Å². The zero-order chi connectivity index (χ0) is 25.2. The Morgan fingerprint density at radius 3 is 2.57 bits per heavy atom. The first kappa shape index (κ1) is 23.4. The van der Waals surface area contributed by atoms with E-state index >= 15 is 0 Å². The van der Waals surface area contributed by atoms with Crippen LogP contribution < -0.4 is 19.5 Å². The van der Waals surface area contributed by atoms with E-state index in [0.29, 0.717) is 18.2 Å². The summed E-state index contributed by atoms with van der Waals surface area (Å²) in [7, 11) is 1.68. The molecule has 1 saturated heterocycles. The lowest BCUT2D eigenvalue weighted by molar-refractivity contribution is 0.244. The third-order valence-corrected chi connectivity index (χ3v) is 7.51. The van der Waals surface area contributed by atoms with E-state index in [1.54, 1.807) is 7.11 Å². The average molecular weight is 491 g/mol. The van der Waals surface area contributed by atoms with Gasteiger partial charge in [0.15, 0.2) is 6.10 Å². The Morgan fingerprint density at radius 2 is 1.78 bits per heavy atom. The summed E-state index contributed by atoms with van der Waals surface area (Å²) in [4.78, 5) is 0. The summed E-state index contributed by atoms with van der Waals surface area (Å²) in [6, 6.07) is 27.1. The van der Waals surface area contributed by atoms with Crippen molar-refractivity contribution >= 4 is 10.8 Å². The first-order chi connectivity index (χ1) is 18.2. The van der Waals surface area contributed by atoms with Gasteiger partial charge in [0.2, 0.25) is 0 Å². The number of fused-ring (bicyclic) bond motifs is 5. The van der Waals surface area contributed by atoms with Crippen LogP contribution in [0.5, 0.6) is 17.2 Å². The van der Waals surface area contributed by atoms with E-state index in [0.717, 1.165) is 63.2 Å². The number of hydrogen-bond acceptors (Lipinski definition) is 5. The minimum atomic E-state index is -0.311. The molecule has 6 rings (SSSR count). The maximum absolute atomic E-state index is 9.46. The van der Waals surface area contributed by atoms with Crippen LogP contribution in [-0.4, -0.2) is 26.3 Å². The van der Waals surface area contributed by atoms with Crippen molar-refractivity contribution in [3.63, 3.8) is 0 Å². The molecule has 0 radical (unpaired) electrons. The summed E-state index contributed by atoms with van der Waals surface area (Å²) in [5.74, 6) is 2.42. The van der Waals surface area contributed by atoms with Gasteiger partial charge in [0.25, 0.3) is 0 Å². The summed E-state index contributed by atoms with van der Waals surface area (Å²) in [6.45, 7) is 1.82. The van der Waals surface area contributed by atoms with Gasteiger partial charge in [0.05, 0.1) is 25.3 Å². The van der Waals surface area contributed by atoms with Gasteiger partial charge in [-0.3, -0.25) is 0 Å². The summed E-state index contributed by atoms with van der Waals surface area (Å²) >= 11 is 0. The van der Waals surface area contributed by atoms with Crippen LogP contribution in [0.3, 0.4) is 0 Å². The molecule has 0 amide bonds. The smallest absolute Gasteiger partial charge is 0.150 e. The van der Waals surface area contributed by atoms with Crippen LogP contribution in [0.4, 0.5) is 0 Å². The zero-order valence-electron chi connectivity index (χ0n) is 21.0. The molecule has 186 valence electrons. The van der Waals surface area contributed by atoms with E-state index in [1.807, 2.05) is 36.4 Å². The predicted molar refractivity (Wildman–Crippen MR) is 145 cm³/mol. The van der Waals surface area contributed by atoms with Gasteiger partial charge in [0, 0.05) is 17.2 Å². The lowest BCUT2D eigenvalue weighted by Crippen LogP contribution is -2.35. The maximum atomic E-state index is 9.46. The van der Waals surface area contributed by atoms with E-state index in [-0.39, 0.29) is 6.10 Å². The minimum absolute atomic E-state index is 0.311. The molecule has 5 nitrogen and oxygen atoms in total. The first-order valence-electron chi connectivity index (χ1n) is 13.0. The van der Waals surface area contributed by atoms with Gasteiger partial charge in [-0.05, 0) is 90.2 Å². The van der Waals surface area contributed by atoms with Crippen molar-refractivity contribution in [2.45, 2.75) is 37.8 Å². The summed E-state index contributed by atoms with van der Waals surface area (Å²) in [6.07, 6.45) is 4.52. The quantitative estimate of drug-likeness (QED) is 0.323. The molecule has 4 aromatic carbocycles. The lowest BCUT2D eigenvalue weighted by Gasteiger charge is -2.30. The third kappa shape index (κ3) is 4.61. The van der Waals surface area contributed by atoms with E-state index in [9.17, 15) is 5.26 Å². The van der Waals surface area contributed by atoms with Crippen LogP contribution >= 0.6 is 0 Å². The Balaban J connectivity index is 1.33. The summed E-state index contributed by atoms with van der Waals surface area (Å²) in [5, 5.41) is 15.3. The number of nitriles is 1. The normalized spacial score (nSPS) is 18.3. The molecule has 2 aliphatic heterocycles. The van der Waals surface area contributed by atoms with Crippen LogP contribution in [0.25, 0.3) is 21.9 Å². The molecule has 1 fully saturated rings. The molecule has 2 atom stereocenters. The Hall–Kier alpha value is -4.01. The Labute approximate surface area is 217 Å². The molecule has 5 heteroatoms. The van der Waals surface area contributed by atoms with Crippen molar-refractivity contribution < 1.29 is 14.2 Å². The molecule has 2 unspecified atom stereocenters. The SMILES string of the molecule is COc1ccc2c3c(ccc2c1)-c1ccc(C#N)cc1OC3c1ccc(OCCC2CCCCN2)cc1. The number of rotatable bonds is 6. The molecule has 4 aromatic rings. The Kier molecular flexibility index (Phi) is 6.42. The second-order valence-electron chi connectivity index (χ2n) is 9.79. The van der Waals surface area contributed by atoms with E-state index in [4.69, 9.17) is 14.2 Å². The van der Waals surface area contributed by atoms with Gasteiger partial charge in [-0.25, -0.2) is 0 Å². The fourth-order valence-electron chi connectivity index (χ4n) is 5.54. The molecular weight excluding hydrogens is 460 g/mol. The highest BCUT2D eigenvalue weighted by Crippen LogP contribution is 2.48. The maximum Gasteiger partial charge on any atom is 0.150 e. The number of nitrogens with one attached hydrogen (secondary N) is 1. The predicted octanol–water partition coefficient (Wildman–Crippen LogP) is 6.78. The molecule has 0 spiro atoms. The van der Waals surface area contributed by atoms with Gasteiger partial charge in [-0.1, -0.05) is 36.8 Å². The second-order valence-corrected chi connectivity index (χ2v) is 9.79. The monoisotopic (exact) mass is 490 g/mol. The van der Waals surface area contributed by atoms with Crippen molar-refractivity contribution in [2.24, 2.45) is 0 Å². The molecular formula is C32H30N2O3.